The van der Waals surface area contributed by atoms with E-state index >= 15 is 0 Å². The number of ether oxygens (including phenoxy) is 2. The second-order valence-electron chi connectivity index (χ2n) is 6.35. The van der Waals surface area contributed by atoms with Gasteiger partial charge in [-0.15, -0.1) is 11.3 Å². The monoisotopic (exact) mass is 355 g/mol. The van der Waals surface area contributed by atoms with Crippen LogP contribution < -0.4 is 14.4 Å². The number of aliphatic hydroxyl groups excluding tert-OH is 1. The smallest absolute Gasteiger partial charge is 0.231 e. The van der Waals surface area contributed by atoms with Gasteiger partial charge in [-0.05, 0) is 35.6 Å². The van der Waals surface area contributed by atoms with Crippen molar-refractivity contribution in [3.8, 4) is 11.5 Å². The molecule has 0 radical (unpaired) electrons. The second kappa shape index (κ2) is 5.86. The molecule has 5 rings (SSSR count). The molecule has 0 spiro atoms. The van der Waals surface area contributed by atoms with Crippen LogP contribution in [0.2, 0.25) is 0 Å². The number of rotatable bonds is 2. The summed E-state index contributed by atoms with van der Waals surface area (Å²) in [4.78, 5) is 10.9. The molecular weight excluding hydrogens is 338 g/mol. The predicted octanol–water partition coefficient (Wildman–Crippen LogP) is 2.77. The molecule has 4 heterocycles. The SMILES string of the molecule is O[C@@H]1CN(c2ncnc3ccsc23)CC[C@H]1c1ccc2c(c1)OCO2. The molecule has 0 amide bonds. The van der Waals surface area contributed by atoms with Crippen molar-refractivity contribution in [2.24, 2.45) is 0 Å². The van der Waals surface area contributed by atoms with Crippen LogP contribution in [0.5, 0.6) is 11.5 Å². The van der Waals surface area contributed by atoms with Crippen LogP contribution in [0, 0.1) is 0 Å². The number of aromatic nitrogens is 2. The average molecular weight is 355 g/mol. The summed E-state index contributed by atoms with van der Waals surface area (Å²) < 4.78 is 11.9. The molecule has 1 N–H and O–H groups in total. The van der Waals surface area contributed by atoms with E-state index in [1.807, 2.05) is 29.6 Å². The van der Waals surface area contributed by atoms with E-state index < -0.39 is 6.10 Å². The first-order valence-corrected chi connectivity index (χ1v) is 9.18. The normalized spacial score (nSPS) is 22.5. The minimum absolute atomic E-state index is 0.0893. The maximum absolute atomic E-state index is 10.8. The Balaban J connectivity index is 1.39. The van der Waals surface area contributed by atoms with Gasteiger partial charge in [0.2, 0.25) is 6.79 Å². The fourth-order valence-electron chi connectivity index (χ4n) is 3.66. The lowest BCUT2D eigenvalue weighted by Gasteiger charge is -2.37. The van der Waals surface area contributed by atoms with Gasteiger partial charge in [-0.3, -0.25) is 0 Å². The third kappa shape index (κ3) is 2.51. The van der Waals surface area contributed by atoms with Crippen molar-refractivity contribution < 1.29 is 14.6 Å². The molecule has 0 saturated carbocycles. The summed E-state index contributed by atoms with van der Waals surface area (Å²) in [6.45, 7) is 1.67. The molecule has 0 unspecified atom stereocenters. The maximum Gasteiger partial charge on any atom is 0.231 e. The summed E-state index contributed by atoms with van der Waals surface area (Å²) in [5.41, 5.74) is 2.06. The van der Waals surface area contributed by atoms with Crippen molar-refractivity contribution in [3.63, 3.8) is 0 Å². The van der Waals surface area contributed by atoms with Crippen molar-refractivity contribution >= 4 is 27.4 Å². The number of anilines is 1. The lowest BCUT2D eigenvalue weighted by atomic mass is 9.87. The molecule has 2 atom stereocenters. The third-order valence-electron chi connectivity index (χ3n) is 4.93. The lowest BCUT2D eigenvalue weighted by Crippen LogP contribution is -2.43. The van der Waals surface area contributed by atoms with Crippen LogP contribution in [0.1, 0.15) is 17.9 Å². The van der Waals surface area contributed by atoms with Crippen molar-refractivity contribution in [2.75, 3.05) is 24.8 Å². The van der Waals surface area contributed by atoms with Gasteiger partial charge < -0.3 is 19.5 Å². The Morgan fingerprint density at radius 3 is 3.00 bits per heavy atom. The maximum atomic E-state index is 10.8. The van der Waals surface area contributed by atoms with Gasteiger partial charge in [0.15, 0.2) is 11.5 Å². The zero-order valence-electron chi connectivity index (χ0n) is 13.5. The molecular formula is C18H17N3O3S. The van der Waals surface area contributed by atoms with E-state index in [9.17, 15) is 5.11 Å². The van der Waals surface area contributed by atoms with Gasteiger partial charge in [0.05, 0.1) is 16.3 Å². The zero-order valence-corrected chi connectivity index (χ0v) is 14.3. The molecule has 25 heavy (non-hydrogen) atoms. The molecule has 0 aliphatic carbocycles. The fourth-order valence-corrected chi connectivity index (χ4v) is 4.52. The Morgan fingerprint density at radius 1 is 1.16 bits per heavy atom. The van der Waals surface area contributed by atoms with Gasteiger partial charge in [0, 0.05) is 19.0 Å². The lowest BCUT2D eigenvalue weighted by molar-refractivity contribution is 0.129. The van der Waals surface area contributed by atoms with E-state index in [4.69, 9.17) is 9.47 Å². The number of β-amino-alcohol motifs (C(OH)–C–C–N with tert-alkyl or cyclic N) is 1. The quantitative estimate of drug-likeness (QED) is 0.762. The highest BCUT2D eigenvalue weighted by Gasteiger charge is 2.31. The van der Waals surface area contributed by atoms with Crippen molar-refractivity contribution in [3.05, 3.63) is 41.5 Å². The van der Waals surface area contributed by atoms with E-state index in [2.05, 4.69) is 14.9 Å². The highest BCUT2D eigenvalue weighted by Crippen LogP contribution is 2.38. The van der Waals surface area contributed by atoms with Gasteiger partial charge in [0.1, 0.15) is 12.1 Å². The van der Waals surface area contributed by atoms with Crippen LogP contribution in [0.3, 0.4) is 0 Å². The minimum Gasteiger partial charge on any atom is -0.454 e. The number of aliphatic hydroxyl groups is 1. The van der Waals surface area contributed by atoms with Gasteiger partial charge in [0.25, 0.3) is 0 Å². The molecule has 1 aromatic carbocycles. The van der Waals surface area contributed by atoms with Crippen LogP contribution in [0.4, 0.5) is 5.82 Å². The van der Waals surface area contributed by atoms with Crippen LogP contribution in [-0.4, -0.2) is 41.1 Å². The predicted molar refractivity (Wildman–Crippen MR) is 95.6 cm³/mol. The molecule has 7 heteroatoms. The van der Waals surface area contributed by atoms with Crippen LogP contribution >= 0.6 is 11.3 Å². The first kappa shape index (κ1) is 14.9. The molecule has 1 fully saturated rings. The van der Waals surface area contributed by atoms with E-state index in [-0.39, 0.29) is 12.7 Å². The van der Waals surface area contributed by atoms with Gasteiger partial charge in [-0.2, -0.15) is 0 Å². The third-order valence-corrected chi connectivity index (χ3v) is 5.83. The summed E-state index contributed by atoms with van der Waals surface area (Å²) in [7, 11) is 0. The molecule has 6 nitrogen and oxygen atoms in total. The summed E-state index contributed by atoms with van der Waals surface area (Å²) in [6.07, 6.45) is 2.00. The number of fused-ring (bicyclic) bond motifs is 2. The molecule has 1 saturated heterocycles. The highest BCUT2D eigenvalue weighted by molar-refractivity contribution is 7.17. The van der Waals surface area contributed by atoms with E-state index in [0.29, 0.717) is 6.54 Å². The summed E-state index contributed by atoms with van der Waals surface area (Å²) in [6, 6.07) is 7.95. The summed E-state index contributed by atoms with van der Waals surface area (Å²) >= 11 is 1.64. The first-order chi connectivity index (χ1) is 12.3. The standard InChI is InChI=1S/C18H17N3O3S/c22-14-8-21(18-17-13(4-6-25-17)19-9-20-18)5-3-12(14)11-1-2-15-16(7-11)24-10-23-15/h1-2,4,6-7,9,12,14,22H,3,5,8,10H2/t12-,14+/m0/s1. The van der Waals surface area contributed by atoms with Crippen molar-refractivity contribution in [2.45, 2.75) is 18.4 Å². The second-order valence-corrected chi connectivity index (χ2v) is 7.27. The fraction of sp³-hybridized carbons (Fsp3) is 0.333. The Bertz CT molecular complexity index is 929. The van der Waals surface area contributed by atoms with Gasteiger partial charge in [-0.1, -0.05) is 6.07 Å². The zero-order chi connectivity index (χ0) is 16.8. The minimum atomic E-state index is -0.459. The van der Waals surface area contributed by atoms with Gasteiger partial charge >= 0.3 is 0 Å². The Morgan fingerprint density at radius 2 is 2.08 bits per heavy atom. The van der Waals surface area contributed by atoms with E-state index in [1.165, 1.54) is 0 Å². The highest BCUT2D eigenvalue weighted by atomic mass is 32.1. The summed E-state index contributed by atoms with van der Waals surface area (Å²) in [5.74, 6) is 2.55. The topological polar surface area (TPSA) is 67.7 Å². The molecule has 2 aliphatic heterocycles. The number of thiophene rings is 1. The van der Waals surface area contributed by atoms with E-state index in [0.717, 1.165) is 46.1 Å². The van der Waals surface area contributed by atoms with Crippen molar-refractivity contribution in [1.82, 2.24) is 9.97 Å². The number of hydrogen-bond acceptors (Lipinski definition) is 7. The van der Waals surface area contributed by atoms with Crippen LogP contribution in [0.15, 0.2) is 36.0 Å². The Hall–Kier alpha value is -2.38. The molecule has 128 valence electrons. The Labute approximate surface area is 148 Å². The van der Waals surface area contributed by atoms with Crippen LogP contribution in [0.25, 0.3) is 10.2 Å². The Kier molecular flexibility index (Phi) is 3.50. The number of hydrogen-bond donors (Lipinski definition) is 1. The number of nitrogens with zero attached hydrogens (tertiary/aromatic N) is 3. The number of piperidine rings is 1. The average Bonchev–Trinajstić information content (AvgIpc) is 3.29. The molecule has 2 aliphatic rings. The number of benzene rings is 1. The van der Waals surface area contributed by atoms with Crippen molar-refractivity contribution in [1.29, 1.82) is 0 Å². The molecule has 0 bridgehead atoms. The van der Waals surface area contributed by atoms with Gasteiger partial charge in [-0.25, -0.2) is 9.97 Å². The first-order valence-electron chi connectivity index (χ1n) is 8.30. The molecule has 2 aromatic heterocycles. The van der Waals surface area contributed by atoms with Crippen LogP contribution in [-0.2, 0) is 0 Å². The largest absolute Gasteiger partial charge is 0.454 e. The van der Waals surface area contributed by atoms with E-state index in [1.54, 1.807) is 17.7 Å². The summed E-state index contributed by atoms with van der Waals surface area (Å²) in [5, 5.41) is 12.8. The molecule has 3 aromatic rings.